The molecule has 1 aromatic rings. The van der Waals surface area contributed by atoms with E-state index in [1.807, 2.05) is 18.2 Å². The van der Waals surface area contributed by atoms with Crippen LogP contribution in [-0.2, 0) is 4.79 Å². The molecule has 17 heavy (non-hydrogen) atoms. The van der Waals surface area contributed by atoms with Gasteiger partial charge < -0.3 is 10.6 Å². The van der Waals surface area contributed by atoms with Crippen molar-refractivity contribution in [3.8, 4) is 0 Å². The van der Waals surface area contributed by atoms with Gasteiger partial charge >= 0.3 is 0 Å². The van der Waals surface area contributed by atoms with E-state index in [4.69, 9.17) is 0 Å². The zero-order valence-electron chi connectivity index (χ0n) is 9.91. The van der Waals surface area contributed by atoms with Crippen LogP contribution in [0.4, 0.5) is 5.69 Å². The molecule has 1 saturated heterocycles. The van der Waals surface area contributed by atoms with Gasteiger partial charge in [0.15, 0.2) is 0 Å². The first-order valence-electron chi connectivity index (χ1n) is 6.45. The molecule has 90 valence electrons. The molecule has 2 heterocycles. The van der Waals surface area contributed by atoms with Gasteiger partial charge in [-0.3, -0.25) is 4.79 Å². The average Bonchev–Trinajstić information content (AvgIpc) is 2.68. The lowest BCUT2D eigenvalue weighted by molar-refractivity contribution is -0.117. The molecule has 2 aliphatic rings. The van der Waals surface area contributed by atoms with Crippen LogP contribution in [0.1, 0.15) is 30.7 Å². The van der Waals surface area contributed by atoms with Crippen molar-refractivity contribution in [2.24, 2.45) is 5.92 Å². The Morgan fingerprint density at radius 2 is 2.18 bits per heavy atom. The summed E-state index contributed by atoms with van der Waals surface area (Å²) in [5.41, 5.74) is 2.19. The highest BCUT2D eigenvalue weighted by atomic mass is 16.2. The quantitative estimate of drug-likeness (QED) is 0.817. The number of rotatable bonds is 2. The normalized spacial score (nSPS) is 27.6. The van der Waals surface area contributed by atoms with Gasteiger partial charge in [-0.15, -0.1) is 0 Å². The Bertz CT molecular complexity index is 424. The fourth-order valence-electron chi connectivity index (χ4n) is 2.97. The van der Waals surface area contributed by atoms with Gasteiger partial charge in [-0.25, -0.2) is 0 Å². The maximum atomic E-state index is 12.0. The maximum Gasteiger partial charge on any atom is 0.232 e. The number of carbonyl (C=O) groups is 1. The van der Waals surface area contributed by atoms with Crippen molar-refractivity contribution in [1.29, 1.82) is 0 Å². The number of hydrogen-bond acceptors (Lipinski definition) is 2. The van der Waals surface area contributed by atoms with Gasteiger partial charge in [0.25, 0.3) is 0 Å². The van der Waals surface area contributed by atoms with Crippen LogP contribution in [0.25, 0.3) is 0 Å². The molecule has 0 saturated carbocycles. The first kappa shape index (κ1) is 10.8. The number of amides is 1. The molecule has 2 atom stereocenters. The topological polar surface area (TPSA) is 41.1 Å². The molecular formula is C14H18N2O. The van der Waals surface area contributed by atoms with Crippen molar-refractivity contribution >= 4 is 11.6 Å². The van der Waals surface area contributed by atoms with Crippen LogP contribution in [-0.4, -0.2) is 19.0 Å². The number of nitrogens with one attached hydrogen (secondary N) is 2. The fourth-order valence-corrected chi connectivity index (χ4v) is 2.97. The van der Waals surface area contributed by atoms with Gasteiger partial charge in [-0.1, -0.05) is 18.2 Å². The summed E-state index contributed by atoms with van der Waals surface area (Å²) >= 11 is 0. The SMILES string of the molecule is O=C1Nc2ccccc2C1CC1CCCNC1. The summed E-state index contributed by atoms with van der Waals surface area (Å²) in [5.74, 6) is 0.888. The minimum Gasteiger partial charge on any atom is -0.325 e. The number of para-hydroxylation sites is 1. The minimum atomic E-state index is 0.0658. The van der Waals surface area contributed by atoms with Gasteiger partial charge in [0.2, 0.25) is 5.91 Å². The lowest BCUT2D eigenvalue weighted by Gasteiger charge is -2.24. The number of fused-ring (bicyclic) bond motifs is 1. The minimum absolute atomic E-state index is 0.0658. The molecule has 0 bridgehead atoms. The van der Waals surface area contributed by atoms with Crippen molar-refractivity contribution in [3.63, 3.8) is 0 Å². The van der Waals surface area contributed by atoms with Crippen molar-refractivity contribution < 1.29 is 4.79 Å². The van der Waals surface area contributed by atoms with Crippen LogP contribution >= 0.6 is 0 Å². The molecule has 1 fully saturated rings. The van der Waals surface area contributed by atoms with Crippen LogP contribution < -0.4 is 10.6 Å². The number of piperidine rings is 1. The lowest BCUT2D eigenvalue weighted by atomic mass is 9.86. The third kappa shape index (κ3) is 2.07. The highest BCUT2D eigenvalue weighted by Crippen LogP contribution is 2.37. The number of benzene rings is 1. The predicted molar refractivity (Wildman–Crippen MR) is 68.0 cm³/mol. The number of carbonyl (C=O) groups excluding carboxylic acids is 1. The third-order valence-electron chi connectivity index (χ3n) is 3.88. The zero-order chi connectivity index (χ0) is 11.7. The molecule has 2 N–H and O–H groups in total. The fraction of sp³-hybridized carbons (Fsp3) is 0.500. The predicted octanol–water partition coefficient (Wildman–Crippen LogP) is 2.11. The van der Waals surface area contributed by atoms with E-state index in [1.54, 1.807) is 0 Å². The Balaban J connectivity index is 1.76. The van der Waals surface area contributed by atoms with E-state index in [9.17, 15) is 4.79 Å². The van der Waals surface area contributed by atoms with Crippen molar-refractivity contribution in [1.82, 2.24) is 5.32 Å². The summed E-state index contributed by atoms with van der Waals surface area (Å²) in [5, 5.41) is 6.39. The zero-order valence-corrected chi connectivity index (χ0v) is 9.91. The van der Waals surface area contributed by atoms with Crippen LogP contribution in [0.2, 0.25) is 0 Å². The first-order chi connectivity index (χ1) is 8.34. The van der Waals surface area contributed by atoms with Crippen LogP contribution in [0.3, 0.4) is 0 Å². The van der Waals surface area contributed by atoms with E-state index in [0.717, 1.165) is 25.2 Å². The number of hydrogen-bond donors (Lipinski definition) is 2. The molecule has 0 spiro atoms. The summed E-state index contributed by atoms with van der Waals surface area (Å²) in [6, 6.07) is 8.06. The third-order valence-corrected chi connectivity index (χ3v) is 3.88. The molecule has 2 aliphatic heterocycles. The van der Waals surface area contributed by atoms with E-state index in [1.165, 1.54) is 18.4 Å². The van der Waals surface area contributed by atoms with E-state index in [-0.39, 0.29) is 11.8 Å². The molecule has 0 radical (unpaired) electrons. The summed E-state index contributed by atoms with van der Waals surface area (Å²) in [4.78, 5) is 12.0. The second-order valence-corrected chi connectivity index (χ2v) is 5.08. The molecule has 3 nitrogen and oxygen atoms in total. The van der Waals surface area contributed by atoms with Crippen LogP contribution in [0.5, 0.6) is 0 Å². The van der Waals surface area contributed by atoms with Gasteiger partial charge in [0.05, 0.1) is 5.92 Å². The molecule has 1 amide bonds. The Morgan fingerprint density at radius 1 is 1.29 bits per heavy atom. The largest absolute Gasteiger partial charge is 0.325 e. The molecular weight excluding hydrogens is 212 g/mol. The molecule has 0 aromatic heterocycles. The standard InChI is InChI=1S/C14H18N2O/c17-14-12(8-10-4-3-7-15-9-10)11-5-1-2-6-13(11)16-14/h1-2,5-6,10,12,15H,3-4,7-9H2,(H,16,17). The highest BCUT2D eigenvalue weighted by molar-refractivity contribution is 6.02. The Kier molecular flexibility index (Phi) is 2.85. The monoisotopic (exact) mass is 230 g/mol. The van der Waals surface area contributed by atoms with Crippen molar-refractivity contribution in [3.05, 3.63) is 29.8 Å². The molecule has 0 aliphatic carbocycles. The molecule has 1 aromatic carbocycles. The molecule has 3 heteroatoms. The first-order valence-corrected chi connectivity index (χ1v) is 6.45. The summed E-state index contributed by atoms with van der Waals surface area (Å²) in [6.07, 6.45) is 3.47. The van der Waals surface area contributed by atoms with E-state index < -0.39 is 0 Å². The highest BCUT2D eigenvalue weighted by Gasteiger charge is 2.32. The average molecular weight is 230 g/mol. The molecule has 3 rings (SSSR count). The summed E-state index contributed by atoms with van der Waals surface area (Å²) < 4.78 is 0. The summed E-state index contributed by atoms with van der Waals surface area (Å²) in [7, 11) is 0. The summed E-state index contributed by atoms with van der Waals surface area (Å²) in [6.45, 7) is 2.19. The Morgan fingerprint density at radius 3 is 3.00 bits per heavy atom. The van der Waals surface area contributed by atoms with Crippen LogP contribution in [0, 0.1) is 5.92 Å². The van der Waals surface area contributed by atoms with Crippen LogP contribution in [0.15, 0.2) is 24.3 Å². The van der Waals surface area contributed by atoms with E-state index in [2.05, 4.69) is 16.7 Å². The van der Waals surface area contributed by atoms with E-state index >= 15 is 0 Å². The Labute approximate surface area is 102 Å². The van der Waals surface area contributed by atoms with Crippen molar-refractivity contribution in [2.45, 2.75) is 25.2 Å². The van der Waals surface area contributed by atoms with Gasteiger partial charge in [-0.2, -0.15) is 0 Å². The number of anilines is 1. The maximum absolute atomic E-state index is 12.0. The van der Waals surface area contributed by atoms with Gasteiger partial charge in [0, 0.05) is 5.69 Å². The smallest absolute Gasteiger partial charge is 0.232 e. The second-order valence-electron chi connectivity index (χ2n) is 5.08. The lowest BCUT2D eigenvalue weighted by Crippen LogP contribution is -2.31. The van der Waals surface area contributed by atoms with Crippen molar-refractivity contribution in [2.75, 3.05) is 18.4 Å². The van der Waals surface area contributed by atoms with E-state index in [0.29, 0.717) is 5.92 Å². The molecule has 2 unspecified atom stereocenters. The van der Waals surface area contributed by atoms with Gasteiger partial charge in [0.1, 0.15) is 0 Å². The second kappa shape index (κ2) is 4.49. The Hall–Kier alpha value is -1.35. The van der Waals surface area contributed by atoms with Gasteiger partial charge in [-0.05, 0) is 49.9 Å².